The predicted molar refractivity (Wildman–Crippen MR) is 81.9 cm³/mol. The molecule has 1 aliphatic heterocycles. The number of aromatic nitrogens is 3. The van der Waals surface area contributed by atoms with Gasteiger partial charge in [-0.25, -0.2) is 4.98 Å². The average molecular weight is 302 g/mol. The molecule has 1 fully saturated rings. The molecule has 0 aliphatic carbocycles. The van der Waals surface area contributed by atoms with E-state index in [1.807, 2.05) is 17.3 Å². The minimum absolute atomic E-state index is 0.162. The Kier molecular flexibility index (Phi) is 3.96. The number of carbonyl (C=O) groups excluding carboxylic acids is 1. The smallest absolute Gasteiger partial charge is 0.219 e. The summed E-state index contributed by atoms with van der Waals surface area (Å²) in [4.78, 5) is 27.8. The molecule has 21 heavy (non-hydrogen) atoms. The molecule has 1 atom stereocenters. The Labute approximate surface area is 128 Å². The fraction of sp³-hybridized carbons (Fsp3) is 0.467. The summed E-state index contributed by atoms with van der Waals surface area (Å²) in [6.45, 7) is 5.32. The monoisotopic (exact) mass is 302 g/mol. The van der Waals surface area contributed by atoms with Crippen molar-refractivity contribution in [2.75, 3.05) is 13.1 Å². The Hall–Kier alpha value is -1.82. The van der Waals surface area contributed by atoms with E-state index in [-0.39, 0.29) is 5.91 Å². The molecule has 0 aromatic carbocycles. The van der Waals surface area contributed by atoms with Gasteiger partial charge >= 0.3 is 0 Å². The average Bonchev–Trinajstić information content (AvgIpc) is 3.09. The number of likely N-dealkylation sites (tertiary alicyclic amines) is 1. The van der Waals surface area contributed by atoms with Crippen molar-refractivity contribution in [3.8, 4) is 10.6 Å². The number of thiazole rings is 1. The molecule has 0 N–H and O–H groups in total. The minimum atomic E-state index is 0.162. The van der Waals surface area contributed by atoms with E-state index in [2.05, 4.69) is 15.0 Å². The lowest BCUT2D eigenvalue weighted by molar-refractivity contribution is -0.127. The first-order chi connectivity index (χ1) is 10.1. The second-order valence-electron chi connectivity index (χ2n) is 5.44. The summed E-state index contributed by atoms with van der Waals surface area (Å²) in [7, 11) is 0. The molecular weight excluding hydrogens is 284 g/mol. The molecule has 1 saturated heterocycles. The molecule has 0 unspecified atom stereocenters. The second-order valence-corrected chi connectivity index (χ2v) is 6.30. The fourth-order valence-electron chi connectivity index (χ4n) is 2.79. The van der Waals surface area contributed by atoms with Gasteiger partial charge in [-0.2, -0.15) is 0 Å². The van der Waals surface area contributed by atoms with Crippen molar-refractivity contribution in [3.05, 3.63) is 29.3 Å². The molecule has 2 aromatic rings. The topological polar surface area (TPSA) is 59.0 Å². The summed E-state index contributed by atoms with van der Waals surface area (Å²) in [6, 6.07) is 0. The number of aryl methyl sites for hydroxylation is 1. The molecule has 0 saturated carbocycles. The van der Waals surface area contributed by atoms with Gasteiger partial charge < -0.3 is 4.90 Å². The van der Waals surface area contributed by atoms with Crippen LogP contribution < -0.4 is 0 Å². The van der Waals surface area contributed by atoms with Crippen LogP contribution in [-0.4, -0.2) is 38.8 Å². The van der Waals surface area contributed by atoms with E-state index in [1.54, 1.807) is 30.7 Å². The van der Waals surface area contributed by atoms with Crippen molar-refractivity contribution < 1.29 is 4.79 Å². The maximum absolute atomic E-state index is 11.4. The van der Waals surface area contributed by atoms with Gasteiger partial charge in [0.2, 0.25) is 5.91 Å². The van der Waals surface area contributed by atoms with E-state index in [0.29, 0.717) is 5.92 Å². The van der Waals surface area contributed by atoms with Gasteiger partial charge in [-0.15, -0.1) is 11.3 Å². The summed E-state index contributed by atoms with van der Waals surface area (Å²) in [5, 5.41) is 0. The molecule has 2 aromatic heterocycles. The Bertz CT molecular complexity index is 655. The van der Waals surface area contributed by atoms with E-state index in [0.717, 1.165) is 47.9 Å². The molecular formula is C15H18N4OS. The van der Waals surface area contributed by atoms with Gasteiger partial charge in [0.1, 0.15) is 5.69 Å². The first-order valence-electron chi connectivity index (χ1n) is 7.11. The van der Waals surface area contributed by atoms with Gasteiger partial charge in [0.05, 0.1) is 21.8 Å². The Morgan fingerprint density at radius 1 is 1.38 bits per heavy atom. The van der Waals surface area contributed by atoms with E-state index in [9.17, 15) is 4.79 Å². The molecule has 0 spiro atoms. The first kappa shape index (κ1) is 14.1. The number of nitrogens with zero attached hydrogens (tertiary/aromatic N) is 4. The maximum Gasteiger partial charge on any atom is 0.219 e. The third-order valence-electron chi connectivity index (χ3n) is 3.95. The van der Waals surface area contributed by atoms with Crippen molar-refractivity contribution in [1.29, 1.82) is 0 Å². The van der Waals surface area contributed by atoms with Crippen LogP contribution in [0.2, 0.25) is 0 Å². The number of hydrogen-bond donors (Lipinski definition) is 0. The van der Waals surface area contributed by atoms with Crippen LogP contribution in [-0.2, 0) is 11.2 Å². The number of rotatable bonds is 3. The van der Waals surface area contributed by atoms with Gasteiger partial charge in [0.25, 0.3) is 0 Å². The Morgan fingerprint density at radius 3 is 2.86 bits per heavy atom. The van der Waals surface area contributed by atoms with E-state index >= 15 is 0 Å². The molecule has 3 rings (SSSR count). The summed E-state index contributed by atoms with van der Waals surface area (Å²) < 4.78 is 0. The first-order valence-corrected chi connectivity index (χ1v) is 7.99. The lowest BCUT2D eigenvalue weighted by Gasteiger charge is -2.14. The Balaban J connectivity index is 1.81. The molecule has 1 aliphatic rings. The lowest BCUT2D eigenvalue weighted by atomic mass is 10.0. The molecule has 110 valence electrons. The highest BCUT2D eigenvalue weighted by Crippen LogP contribution is 2.30. The van der Waals surface area contributed by atoms with Gasteiger partial charge in [-0.05, 0) is 25.7 Å². The van der Waals surface area contributed by atoms with Crippen molar-refractivity contribution in [3.63, 3.8) is 0 Å². The molecule has 0 bridgehead atoms. The maximum atomic E-state index is 11.4. The molecule has 5 nitrogen and oxygen atoms in total. The largest absolute Gasteiger partial charge is 0.343 e. The van der Waals surface area contributed by atoms with Crippen LogP contribution in [0, 0.1) is 12.8 Å². The predicted octanol–water partition coefficient (Wildman–Crippen LogP) is 2.32. The molecule has 3 heterocycles. The molecule has 6 heteroatoms. The number of carbonyl (C=O) groups is 1. The van der Waals surface area contributed by atoms with Crippen molar-refractivity contribution >= 4 is 17.2 Å². The van der Waals surface area contributed by atoms with Crippen LogP contribution in [0.15, 0.2) is 17.9 Å². The molecule has 0 radical (unpaired) electrons. The zero-order chi connectivity index (χ0) is 14.8. The van der Waals surface area contributed by atoms with Gasteiger partial charge in [-0.1, -0.05) is 0 Å². The SMILES string of the molecule is CC(=O)N1CC[C@H](Cc2nccnc2-c2scnc2C)C1. The standard InChI is InChI=1S/C15H18N4OS/c1-10-15(21-9-18-10)14-13(16-4-5-17-14)7-12-3-6-19(8-12)11(2)20/h4-5,9,12H,3,6-8H2,1-2H3/t12-/m1/s1. The summed E-state index contributed by atoms with van der Waals surface area (Å²) in [5.74, 6) is 0.632. The summed E-state index contributed by atoms with van der Waals surface area (Å²) in [6.07, 6.45) is 5.38. The number of amides is 1. The highest BCUT2D eigenvalue weighted by Gasteiger charge is 2.26. The van der Waals surface area contributed by atoms with Crippen LogP contribution in [0.4, 0.5) is 0 Å². The normalized spacial score (nSPS) is 18.2. The second kappa shape index (κ2) is 5.89. The van der Waals surface area contributed by atoms with Gasteiger partial charge in [-0.3, -0.25) is 14.8 Å². The third-order valence-corrected chi connectivity index (χ3v) is 4.88. The fourth-order valence-corrected chi connectivity index (χ4v) is 3.62. The summed E-state index contributed by atoms with van der Waals surface area (Å²) >= 11 is 1.60. The van der Waals surface area contributed by atoms with Crippen LogP contribution in [0.5, 0.6) is 0 Å². The lowest BCUT2D eigenvalue weighted by Crippen LogP contribution is -2.26. The zero-order valence-electron chi connectivity index (χ0n) is 12.2. The number of hydrogen-bond acceptors (Lipinski definition) is 5. The zero-order valence-corrected chi connectivity index (χ0v) is 13.1. The van der Waals surface area contributed by atoms with E-state index in [1.165, 1.54) is 0 Å². The van der Waals surface area contributed by atoms with Crippen LogP contribution in [0.25, 0.3) is 10.6 Å². The molecule has 1 amide bonds. The third kappa shape index (κ3) is 2.95. The highest BCUT2D eigenvalue weighted by atomic mass is 32.1. The van der Waals surface area contributed by atoms with Gasteiger partial charge in [0, 0.05) is 32.4 Å². The van der Waals surface area contributed by atoms with Crippen molar-refractivity contribution in [2.45, 2.75) is 26.7 Å². The van der Waals surface area contributed by atoms with Crippen LogP contribution in [0.3, 0.4) is 0 Å². The van der Waals surface area contributed by atoms with Crippen LogP contribution >= 0.6 is 11.3 Å². The quantitative estimate of drug-likeness (QED) is 0.873. The van der Waals surface area contributed by atoms with Crippen molar-refractivity contribution in [2.24, 2.45) is 5.92 Å². The van der Waals surface area contributed by atoms with E-state index in [4.69, 9.17) is 0 Å². The highest BCUT2D eigenvalue weighted by molar-refractivity contribution is 7.13. The Morgan fingerprint density at radius 2 is 2.19 bits per heavy atom. The van der Waals surface area contributed by atoms with Crippen LogP contribution in [0.1, 0.15) is 24.7 Å². The van der Waals surface area contributed by atoms with Crippen molar-refractivity contribution in [1.82, 2.24) is 19.9 Å². The minimum Gasteiger partial charge on any atom is -0.343 e. The summed E-state index contributed by atoms with van der Waals surface area (Å²) in [5.41, 5.74) is 4.80. The van der Waals surface area contributed by atoms with Gasteiger partial charge in [0.15, 0.2) is 0 Å². The van der Waals surface area contributed by atoms with E-state index < -0.39 is 0 Å².